The van der Waals surface area contributed by atoms with Gasteiger partial charge in [-0.3, -0.25) is 4.79 Å². The minimum atomic E-state index is -0.0955. The van der Waals surface area contributed by atoms with Crippen LogP contribution in [0.5, 0.6) is 0 Å². The Kier molecular flexibility index (Phi) is 2.64. The number of carbonyl (C=O) groups excluding carboxylic acids is 1. The van der Waals surface area contributed by atoms with Gasteiger partial charge in [-0.15, -0.1) is 0 Å². The second-order valence-electron chi connectivity index (χ2n) is 9.30. The summed E-state index contributed by atoms with van der Waals surface area (Å²) >= 11 is 0. The molecular formula is C19H28O3. The fourth-order valence-corrected chi connectivity index (χ4v) is 7.40. The molecule has 3 nitrogen and oxygen atoms in total. The highest BCUT2D eigenvalue weighted by atomic mass is 16.6. The predicted octanol–water partition coefficient (Wildman–Crippen LogP) is 2.95. The third kappa shape index (κ3) is 1.48. The molecule has 0 aromatic heterocycles. The van der Waals surface area contributed by atoms with E-state index in [1.807, 2.05) is 0 Å². The number of fused-ring (bicyclic) bond motifs is 7. The van der Waals surface area contributed by atoms with Crippen LogP contribution < -0.4 is 0 Å². The minimum absolute atomic E-state index is 0.0671. The number of hydrogen-bond donors (Lipinski definition) is 1. The van der Waals surface area contributed by atoms with E-state index < -0.39 is 0 Å². The summed E-state index contributed by atoms with van der Waals surface area (Å²) in [6.07, 6.45) is 7.84. The van der Waals surface area contributed by atoms with Gasteiger partial charge in [0.2, 0.25) is 0 Å². The summed E-state index contributed by atoms with van der Waals surface area (Å²) in [5, 5.41) is 10.5. The fourth-order valence-electron chi connectivity index (χ4n) is 7.40. The van der Waals surface area contributed by atoms with Crippen LogP contribution in [0.1, 0.15) is 58.8 Å². The van der Waals surface area contributed by atoms with Crippen molar-refractivity contribution < 1.29 is 14.6 Å². The molecule has 5 aliphatic rings. The Morgan fingerprint density at radius 2 is 1.91 bits per heavy atom. The average molecular weight is 304 g/mol. The summed E-state index contributed by atoms with van der Waals surface area (Å²) in [7, 11) is 0. The lowest BCUT2D eigenvalue weighted by atomic mass is 9.45. The minimum Gasteiger partial charge on any atom is -0.393 e. The Balaban J connectivity index is 1.50. The van der Waals surface area contributed by atoms with Gasteiger partial charge in [-0.05, 0) is 67.6 Å². The molecule has 1 saturated heterocycles. The normalized spacial score (nSPS) is 62.7. The Morgan fingerprint density at radius 1 is 1.09 bits per heavy atom. The van der Waals surface area contributed by atoms with E-state index in [0.29, 0.717) is 23.5 Å². The van der Waals surface area contributed by atoms with Crippen molar-refractivity contribution in [2.24, 2.45) is 34.5 Å². The molecule has 22 heavy (non-hydrogen) atoms. The summed E-state index contributed by atoms with van der Waals surface area (Å²) in [4.78, 5) is 12.1. The molecule has 5 rings (SSSR count). The molecule has 3 unspecified atom stereocenters. The third-order valence-electron chi connectivity index (χ3n) is 8.78. The quantitative estimate of drug-likeness (QED) is 0.700. The molecule has 0 aromatic rings. The van der Waals surface area contributed by atoms with Crippen LogP contribution in [0, 0.1) is 34.5 Å². The standard InChI is InChI=1S/C19H28O3/c1-18-8-7-13-11(12(18)5-6-15(18)21)4-3-10-9-14(20)16-17(22-16)19(10,13)2/h10-13,15-17,21H,3-9H2,1-2H3/t10?,11-,12-,13-,15-,16?,17?,18-,19-/m0/s1. The first-order chi connectivity index (χ1) is 10.5. The van der Waals surface area contributed by atoms with Gasteiger partial charge in [0.1, 0.15) is 6.10 Å². The second kappa shape index (κ2) is 4.16. The van der Waals surface area contributed by atoms with Crippen LogP contribution in [-0.4, -0.2) is 29.2 Å². The number of carbonyl (C=O) groups is 1. The Bertz CT molecular complexity index is 531. The van der Waals surface area contributed by atoms with E-state index in [1.54, 1.807) is 0 Å². The van der Waals surface area contributed by atoms with E-state index in [0.717, 1.165) is 25.2 Å². The van der Waals surface area contributed by atoms with Crippen LogP contribution in [0.3, 0.4) is 0 Å². The van der Waals surface area contributed by atoms with E-state index in [9.17, 15) is 9.90 Å². The molecule has 0 bridgehead atoms. The van der Waals surface area contributed by atoms with Crippen molar-refractivity contribution in [3.8, 4) is 0 Å². The van der Waals surface area contributed by atoms with Crippen LogP contribution >= 0.6 is 0 Å². The maximum Gasteiger partial charge on any atom is 0.164 e. The molecule has 4 saturated carbocycles. The molecule has 0 aromatic carbocycles. The van der Waals surface area contributed by atoms with Crippen molar-refractivity contribution in [3.63, 3.8) is 0 Å². The number of epoxide rings is 1. The number of Topliss-reactive ketones (excluding diaryl/α,β-unsaturated/α-hetero) is 1. The Hall–Kier alpha value is -0.410. The third-order valence-corrected chi connectivity index (χ3v) is 8.78. The zero-order valence-corrected chi connectivity index (χ0v) is 13.8. The highest BCUT2D eigenvalue weighted by Gasteiger charge is 2.69. The van der Waals surface area contributed by atoms with Crippen LogP contribution in [-0.2, 0) is 9.53 Å². The van der Waals surface area contributed by atoms with Crippen molar-refractivity contribution >= 4 is 5.78 Å². The van der Waals surface area contributed by atoms with Gasteiger partial charge in [0.05, 0.1) is 12.2 Å². The maximum atomic E-state index is 12.1. The molecule has 1 N–H and O–H groups in total. The first-order valence-electron chi connectivity index (χ1n) is 9.32. The molecule has 1 aliphatic heterocycles. The van der Waals surface area contributed by atoms with Crippen LogP contribution in [0.4, 0.5) is 0 Å². The van der Waals surface area contributed by atoms with Gasteiger partial charge in [0, 0.05) is 11.8 Å². The van der Waals surface area contributed by atoms with Crippen molar-refractivity contribution in [2.75, 3.05) is 0 Å². The van der Waals surface area contributed by atoms with E-state index in [-0.39, 0.29) is 29.1 Å². The van der Waals surface area contributed by atoms with E-state index in [2.05, 4.69) is 13.8 Å². The van der Waals surface area contributed by atoms with Gasteiger partial charge in [0.25, 0.3) is 0 Å². The van der Waals surface area contributed by atoms with Crippen LogP contribution in [0.25, 0.3) is 0 Å². The van der Waals surface area contributed by atoms with E-state index in [1.165, 1.54) is 25.7 Å². The van der Waals surface area contributed by atoms with Crippen LogP contribution in [0.2, 0.25) is 0 Å². The molecule has 0 amide bonds. The molecule has 1 heterocycles. The van der Waals surface area contributed by atoms with Crippen molar-refractivity contribution in [2.45, 2.75) is 77.1 Å². The zero-order chi connectivity index (χ0) is 15.3. The van der Waals surface area contributed by atoms with Crippen molar-refractivity contribution in [3.05, 3.63) is 0 Å². The largest absolute Gasteiger partial charge is 0.393 e. The second-order valence-corrected chi connectivity index (χ2v) is 9.30. The number of hydrogen-bond acceptors (Lipinski definition) is 3. The number of ketones is 1. The Morgan fingerprint density at radius 3 is 2.73 bits per heavy atom. The number of aliphatic hydroxyl groups excluding tert-OH is 1. The predicted molar refractivity (Wildman–Crippen MR) is 82.2 cm³/mol. The van der Waals surface area contributed by atoms with Gasteiger partial charge < -0.3 is 9.84 Å². The first-order valence-corrected chi connectivity index (χ1v) is 9.32. The summed E-state index contributed by atoms with van der Waals surface area (Å²) in [6, 6.07) is 0. The molecule has 122 valence electrons. The Labute approximate surface area is 132 Å². The lowest BCUT2D eigenvalue weighted by Crippen LogP contribution is -2.56. The molecule has 3 heteroatoms. The monoisotopic (exact) mass is 304 g/mol. The average Bonchev–Trinajstić information content (AvgIpc) is 3.24. The molecule has 5 fully saturated rings. The highest BCUT2D eigenvalue weighted by molar-refractivity contribution is 5.87. The SMILES string of the molecule is C[C@]12C(CC[C@@H]3[C@@H]1CC[C@]1(C)[C@@H](O)CC[C@@H]31)CC(=O)C1OC12. The zero-order valence-electron chi connectivity index (χ0n) is 13.8. The summed E-state index contributed by atoms with van der Waals surface area (Å²) < 4.78 is 5.87. The smallest absolute Gasteiger partial charge is 0.164 e. The molecule has 9 atom stereocenters. The molecular weight excluding hydrogens is 276 g/mol. The van der Waals surface area contributed by atoms with Gasteiger partial charge in [-0.1, -0.05) is 13.8 Å². The van der Waals surface area contributed by atoms with Crippen LogP contribution in [0.15, 0.2) is 0 Å². The summed E-state index contributed by atoms with van der Waals surface area (Å²) in [6.45, 7) is 4.76. The van der Waals surface area contributed by atoms with E-state index >= 15 is 0 Å². The van der Waals surface area contributed by atoms with Crippen molar-refractivity contribution in [1.82, 2.24) is 0 Å². The lowest BCUT2D eigenvalue weighted by molar-refractivity contribution is -0.136. The van der Waals surface area contributed by atoms with Gasteiger partial charge in [-0.25, -0.2) is 0 Å². The summed E-state index contributed by atoms with van der Waals surface area (Å²) in [5.74, 6) is 3.05. The number of aliphatic hydroxyl groups is 1. The van der Waals surface area contributed by atoms with Crippen molar-refractivity contribution in [1.29, 1.82) is 0 Å². The summed E-state index contributed by atoms with van der Waals surface area (Å²) in [5.41, 5.74) is 0.370. The molecule has 0 radical (unpaired) electrons. The molecule has 0 spiro atoms. The first kappa shape index (κ1) is 14.0. The van der Waals surface area contributed by atoms with Gasteiger partial charge >= 0.3 is 0 Å². The number of rotatable bonds is 0. The topological polar surface area (TPSA) is 49.8 Å². The number of ether oxygens (including phenoxy) is 1. The van der Waals surface area contributed by atoms with E-state index in [4.69, 9.17) is 4.74 Å². The van der Waals surface area contributed by atoms with Gasteiger partial charge in [0.15, 0.2) is 5.78 Å². The highest BCUT2D eigenvalue weighted by Crippen LogP contribution is 2.68. The molecule has 4 aliphatic carbocycles. The fraction of sp³-hybridized carbons (Fsp3) is 0.947. The lowest BCUT2D eigenvalue weighted by Gasteiger charge is -2.59. The van der Waals surface area contributed by atoms with Gasteiger partial charge in [-0.2, -0.15) is 0 Å². The maximum absolute atomic E-state index is 12.1.